The lowest BCUT2D eigenvalue weighted by Gasteiger charge is -2.23. The van der Waals surface area contributed by atoms with Gasteiger partial charge in [-0.15, -0.1) is 0 Å². The molecule has 3 N–H and O–H groups in total. The summed E-state index contributed by atoms with van der Waals surface area (Å²) in [7, 11) is 0. The summed E-state index contributed by atoms with van der Waals surface area (Å²) in [5.41, 5.74) is 2.52. The van der Waals surface area contributed by atoms with E-state index >= 15 is 0 Å². The SMILES string of the molecule is NNc1ccc([N+](=O)[O-])c(N(CC2CC2)C2CC2)n1. The van der Waals surface area contributed by atoms with Gasteiger partial charge in [0.05, 0.1) is 4.92 Å². The van der Waals surface area contributed by atoms with Gasteiger partial charge in [-0.2, -0.15) is 0 Å². The molecule has 3 rings (SSSR count). The summed E-state index contributed by atoms with van der Waals surface area (Å²) in [6.45, 7) is 0.868. The Balaban J connectivity index is 1.95. The number of aromatic nitrogens is 1. The van der Waals surface area contributed by atoms with Crippen LogP contribution in [0.25, 0.3) is 0 Å². The summed E-state index contributed by atoms with van der Waals surface area (Å²) < 4.78 is 0. The van der Waals surface area contributed by atoms with Crippen LogP contribution in [0.15, 0.2) is 12.1 Å². The van der Waals surface area contributed by atoms with Gasteiger partial charge in [-0.1, -0.05) is 0 Å². The molecule has 0 amide bonds. The number of hydrogen-bond donors (Lipinski definition) is 2. The number of nitrogens with one attached hydrogen (secondary N) is 1. The van der Waals surface area contributed by atoms with Crippen molar-refractivity contribution in [3.63, 3.8) is 0 Å². The zero-order valence-electron chi connectivity index (χ0n) is 10.6. The van der Waals surface area contributed by atoms with Crippen LogP contribution in [0.5, 0.6) is 0 Å². The number of hydrazine groups is 1. The fourth-order valence-electron chi connectivity index (χ4n) is 2.25. The Morgan fingerprint density at radius 1 is 1.42 bits per heavy atom. The van der Waals surface area contributed by atoms with Gasteiger partial charge < -0.3 is 10.3 Å². The molecule has 0 radical (unpaired) electrons. The summed E-state index contributed by atoms with van der Waals surface area (Å²) in [4.78, 5) is 17.2. The fourth-order valence-corrected chi connectivity index (χ4v) is 2.25. The quantitative estimate of drug-likeness (QED) is 0.460. The number of anilines is 2. The minimum absolute atomic E-state index is 0.0616. The van der Waals surface area contributed by atoms with Gasteiger partial charge in [-0.05, 0) is 37.7 Å². The second-order valence-corrected chi connectivity index (χ2v) is 5.27. The van der Waals surface area contributed by atoms with Crippen LogP contribution in [0.4, 0.5) is 17.3 Å². The number of nitrogens with two attached hydrogens (primary N) is 1. The van der Waals surface area contributed by atoms with Crippen molar-refractivity contribution in [2.24, 2.45) is 11.8 Å². The first-order chi connectivity index (χ1) is 9.19. The summed E-state index contributed by atoms with van der Waals surface area (Å²) in [6, 6.07) is 3.41. The average molecular weight is 263 g/mol. The molecule has 0 atom stereocenters. The number of nitrogen functional groups attached to an aromatic ring is 1. The lowest BCUT2D eigenvalue weighted by atomic mass is 10.3. The number of rotatable bonds is 6. The molecule has 2 aliphatic rings. The fraction of sp³-hybridized carbons (Fsp3) is 0.583. The van der Waals surface area contributed by atoms with Crippen molar-refractivity contribution in [3.8, 4) is 0 Å². The maximum Gasteiger partial charge on any atom is 0.311 e. The van der Waals surface area contributed by atoms with Crippen molar-refractivity contribution in [2.45, 2.75) is 31.7 Å². The van der Waals surface area contributed by atoms with E-state index in [2.05, 4.69) is 15.3 Å². The molecule has 0 bridgehead atoms. The smallest absolute Gasteiger partial charge is 0.311 e. The number of nitro groups is 1. The van der Waals surface area contributed by atoms with Crippen molar-refractivity contribution in [3.05, 3.63) is 22.2 Å². The summed E-state index contributed by atoms with van der Waals surface area (Å²) in [6.07, 6.45) is 4.61. The van der Waals surface area contributed by atoms with Gasteiger partial charge in [0, 0.05) is 18.7 Å². The monoisotopic (exact) mass is 263 g/mol. The molecular formula is C12H17N5O2. The van der Waals surface area contributed by atoms with E-state index in [1.807, 2.05) is 0 Å². The summed E-state index contributed by atoms with van der Waals surface area (Å²) >= 11 is 0. The van der Waals surface area contributed by atoms with Crippen LogP contribution >= 0.6 is 0 Å². The number of pyridine rings is 1. The van der Waals surface area contributed by atoms with Crippen molar-refractivity contribution < 1.29 is 4.92 Å². The predicted octanol–water partition coefficient (Wildman–Crippen LogP) is 1.65. The van der Waals surface area contributed by atoms with Gasteiger partial charge in [-0.3, -0.25) is 10.1 Å². The second kappa shape index (κ2) is 4.65. The Hall–Kier alpha value is -1.89. The van der Waals surface area contributed by atoms with Crippen molar-refractivity contribution in [1.82, 2.24) is 4.98 Å². The van der Waals surface area contributed by atoms with Gasteiger partial charge in [0.2, 0.25) is 5.82 Å². The third kappa shape index (κ3) is 2.60. The molecule has 0 aliphatic heterocycles. The van der Waals surface area contributed by atoms with Gasteiger partial charge >= 0.3 is 5.69 Å². The van der Waals surface area contributed by atoms with Gasteiger partial charge in [-0.25, -0.2) is 10.8 Å². The molecule has 0 unspecified atom stereocenters. The van der Waals surface area contributed by atoms with Crippen LogP contribution in [0.1, 0.15) is 25.7 Å². The van der Waals surface area contributed by atoms with Crippen molar-refractivity contribution in [1.29, 1.82) is 0 Å². The second-order valence-electron chi connectivity index (χ2n) is 5.27. The first kappa shape index (κ1) is 12.2. The molecule has 7 heteroatoms. The van der Waals surface area contributed by atoms with Gasteiger partial charge in [0.15, 0.2) is 0 Å². The van der Waals surface area contributed by atoms with Crippen LogP contribution in [-0.2, 0) is 0 Å². The Kier molecular flexibility index (Phi) is 2.98. The Labute approximate surface area is 110 Å². The first-order valence-corrected chi connectivity index (χ1v) is 6.57. The molecule has 1 aromatic rings. The van der Waals surface area contributed by atoms with Gasteiger partial charge in [0.25, 0.3) is 0 Å². The van der Waals surface area contributed by atoms with Crippen LogP contribution in [0.2, 0.25) is 0 Å². The predicted molar refractivity (Wildman–Crippen MR) is 71.8 cm³/mol. The third-order valence-electron chi connectivity index (χ3n) is 3.61. The minimum Gasteiger partial charge on any atom is -0.348 e. The van der Waals surface area contributed by atoms with Crippen molar-refractivity contribution in [2.75, 3.05) is 16.9 Å². The molecule has 2 saturated carbocycles. The topological polar surface area (TPSA) is 97.3 Å². The van der Waals surface area contributed by atoms with Crippen molar-refractivity contribution >= 4 is 17.3 Å². The van der Waals surface area contributed by atoms with E-state index in [1.165, 1.54) is 25.0 Å². The van der Waals surface area contributed by atoms with Crippen LogP contribution in [0, 0.1) is 16.0 Å². The minimum atomic E-state index is -0.370. The molecular weight excluding hydrogens is 246 g/mol. The standard InChI is InChI=1S/C12H17N5O2/c13-15-11-6-5-10(17(18)19)12(14-11)16(9-3-4-9)7-8-1-2-8/h5-6,8-9H,1-4,7,13H2,(H,14,15). The van der Waals surface area contributed by atoms with E-state index in [-0.39, 0.29) is 10.6 Å². The molecule has 7 nitrogen and oxygen atoms in total. The molecule has 1 heterocycles. The van der Waals surface area contributed by atoms with Crippen LogP contribution in [-0.4, -0.2) is 22.5 Å². The largest absolute Gasteiger partial charge is 0.348 e. The highest BCUT2D eigenvalue weighted by atomic mass is 16.6. The average Bonchev–Trinajstić information content (AvgIpc) is 3.27. The maximum atomic E-state index is 11.2. The van der Waals surface area contributed by atoms with E-state index in [0.29, 0.717) is 23.6 Å². The van der Waals surface area contributed by atoms with E-state index in [0.717, 1.165) is 19.4 Å². The van der Waals surface area contributed by atoms with E-state index < -0.39 is 0 Å². The first-order valence-electron chi connectivity index (χ1n) is 6.57. The zero-order valence-corrected chi connectivity index (χ0v) is 10.6. The maximum absolute atomic E-state index is 11.2. The summed E-state index contributed by atoms with van der Waals surface area (Å²) in [5.74, 6) is 6.93. The molecule has 0 saturated heterocycles. The Morgan fingerprint density at radius 2 is 2.16 bits per heavy atom. The van der Waals surface area contributed by atoms with Crippen LogP contribution in [0.3, 0.4) is 0 Å². The van der Waals surface area contributed by atoms with E-state index in [9.17, 15) is 10.1 Å². The molecule has 102 valence electrons. The zero-order chi connectivity index (χ0) is 13.4. The lowest BCUT2D eigenvalue weighted by Crippen LogP contribution is -2.30. The number of nitrogens with zero attached hydrogens (tertiary/aromatic N) is 3. The highest BCUT2D eigenvalue weighted by Crippen LogP contribution is 2.40. The molecule has 19 heavy (non-hydrogen) atoms. The molecule has 0 spiro atoms. The van der Waals surface area contributed by atoms with E-state index in [4.69, 9.17) is 5.84 Å². The van der Waals surface area contributed by atoms with Crippen LogP contribution < -0.4 is 16.2 Å². The van der Waals surface area contributed by atoms with Gasteiger partial charge in [0.1, 0.15) is 5.82 Å². The molecule has 2 fully saturated rings. The summed E-state index contributed by atoms with van der Waals surface area (Å²) in [5, 5.41) is 11.2. The molecule has 1 aromatic heterocycles. The Bertz CT molecular complexity index is 499. The highest BCUT2D eigenvalue weighted by Gasteiger charge is 2.37. The third-order valence-corrected chi connectivity index (χ3v) is 3.61. The highest BCUT2D eigenvalue weighted by molar-refractivity contribution is 5.62. The Morgan fingerprint density at radius 3 is 2.68 bits per heavy atom. The lowest BCUT2D eigenvalue weighted by molar-refractivity contribution is -0.384. The molecule has 2 aliphatic carbocycles. The normalized spacial score (nSPS) is 18.2. The molecule has 0 aromatic carbocycles. The number of hydrogen-bond acceptors (Lipinski definition) is 6. The van der Waals surface area contributed by atoms with E-state index in [1.54, 1.807) is 0 Å².